The largest absolute Gasteiger partial charge is 0.381 e. The zero-order chi connectivity index (χ0) is 12.1. The molecule has 17 heavy (non-hydrogen) atoms. The van der Waals surface area contributed by atoms with Crippen molar-refractivity contribution in [3.63, 3.8) is 0 Å². The van der Waals surface area contributed by atoms with E-state index in [9.17, 15) is 4.79 Å². The van der Waals surface area contributed by atoms with Gasteiger partial charge in [0.15, 0.2) is 0 Å². The molecular weight excluding hydrogens is 216 g/mol. The van der Waals surface area contributed by atoms with Gasteiger partial charge < -0.3 is 9.30 Å². The number of ether oxygens (including phenoxy) is 1. The van der Waals surface area contributed by atoms with Crippen molar-refractivity contribution in [2.45, 2.75) is 38.6 Å². The van der Waals surface area contributed by atoms with E-state index in [0.29, 0.717) is 0 Å². The summed E-state index contributed by atoms with van der Waals surface area (Å²) in [7, 11) is 1.79. The zero-order valence-electron chi connectivity index (χ0n) is 10.6. The van der Waals surface area contributed by atoms with Crippen molar-refractivity contribution >= 4 is 0 Å². The Morgan fingerprint density at radius 1 is 1.29 bits per heavy atom. The maximum Gasteiger partial charge on any atom is 0.327 e. The molecule has 2 heterocycles. The first kappa shape index (κ1) is 12.4. The Kier molecular flexibility index (Phi) is 4.42. The molecule has 1 aliphatic rings. The minimum atomic E-state index is 0.0936. The van der Waals surface area contributed by atoms with Crippen LogP contribution in [0.3, 0.4) is 0 Å². The van der Waals surface area contributed by atoms with Crippen LogP contribution in [0.1, 0.15) is 32.1 Å². The van der Waals surface area contributed by atoms with Crippen LogP contribution in [0.5, 0.6) is 0 Å². The van der Waals surface area contributed by atoms with Crippen LogP contribution in [-0.2, 0) is 18.3 Å². The normalized spacial score (nSPS) is 17.5. The molecule has 1 aliphatic heterocycles. The van der Waals surface area contributed by atoms with E-state index >= 15 is 0 Å². The molecule has 96 valence electrons. The van der Waals surface area contributed by atoms with Gasteiger partial charge in [0.25, 0.3) is 0 Å². The van der Waals surface area contributed by atoms with E-state index in [0.717, 1.165) is 32.1 Å². The second-order valence-corrected chi connectivity index (χ2v) is 4.94. The second kappa shape index (κ2) is 6.05. The number of hydrogen-bond acceptors (Lipinski definition) is 2. The maximum atomic E-state index is 11.6. The summed E-state index contributed by atoms with van der Waals surface area (Å²) in [5.74, 6) is 0.844. The number of hydrogen-bond donors (Lipinski definition) is 0. The smallest absolute Gasteiger partial charge is 0.327 e. The van der Waals surface area contributed by atoms with Crippen LogP contribution in [0.4, 0.5) is 0 Å². The van der Waals surface area contributed by atoms with Crippen molar-refractivity contribution in [3.8, 4) is 0 Å². The highest BCUT2D eigenvalue weighted by molar-refractivity contribution is 4.79. The van der Waals surface area contributed by atoms with Crippen molar-refractivity contribution in [1.29, 1.82) is 0 Å². The minimum absolute atomic E-state index is 0.0936. The van der Waals surface area contributed by atoms with Gasteiger partial charge in [-0.05, 0) is 25.2 Å². The Hall–Kier alpha value is -1.03. The topological polar surface area (TPSA) is 36.2 Å². The van der Waals surface area contributed by atoms with Crippen LogP contribution in [0.2, 0.25) is 0 Å². The minimum Gasteiger partial charge on any atom is -0.381 e. The molecule has 1 aromatic rings. The van der Waals surface area contributed by atoms with Crippen LogP contribution >= 0.6 is 0 Å². The molecule has 0 unspecified atom stereocenters. The van der Waals surface area contributed by atoms with Crippen molar-refractivity contribution in [1.82, 2.24) is 9.13 Å². The summed E-state index contributed by atoms with van der Waals surface area (Å²) in [4.78, 5) is 11.6. The van der Waals surface area contributed by atoms with Gasteiger partial charge in [0.2, 0.25) is 0 Å². The highest BCUT2D eigenvalue weighted by Gasteiger charge is 2.12. The first-order valence-electron chi connectivity index (χ1n) is 6.57. The Labute approximate surface area is 102 Å². The second-order valence-electron chi connectivity index (χ2n) is 4.94. The Morgan fingerprint density at radius 2 is 2.06 bits per heavy atom. The molecule has 0 saturated carbocycles. The van der Waals surface area contributed by atoms with Crippen molar-refractivity contribution in [2.24, 2.45) is 13.0 Å². The summed E-state index contributed by atoms with van der Waals surface area (Å²) in [5, 5.41) is 0. The maximum absolute atomic E-state index is 11.6. The predicted octanol–water partition coefficient (Wildman–Crippen LogP) is 1.78. The number of imidazole rings is 1. The van der Waals surface area contributed by atoms with E-state index in [1.807, 2.05) is 12.4 Å². The van der Waals surface area contributed by atoms with E-state index in [-0.39, 0.29) is 5.69 Å². The SMILES string of the molecule is Cn1ccn(CCCCC2CCOCC2)c1=O. The number of aryl methyl sites for hydroxylation is 2. The highest BCUT2D eigenvalue weighted by atomic mass is 16.5. The molecule has 0 atom stereocenters. The van der Waals surface area contributed by atoms with Gasteiger partial charge in [-0.1, -0.05) is 12.8 Å². The van der Waals surface area contributed by atoms with E-state index < -0.39 is 0 Å². The molecule has 1 aromatic heterocycles. The molecule has 0 aliphatic carbocycles. The van der Waals surface area contributed by atoms with Gasteiger partial charge in [-0.15, -0.1) is 0 Å². The Bertz CT molecular complexity index is 388. The molecule has 4 heteroatoms. The Morgan fingerprint density at radius 3 is 2.71 bits per heavy atom. The lowest BCUT2D eigenvalue weighted by atomic mass is 9.94. The fraction of sp³-hybridized carbons (Fsp3) is 0.769. The first-order valence-corrected chi connectivity index (χ1v) is 6.57. The Balaban J connectivity index is 1.66. The van der Waals surface area contributed by atoms with E-state index in [1.54, 1.807) is 16.2 Å². The molecular formula is C13H22N2O2. The average molecular weight is 238 g/mol. The fourth-order valence-electron chi connectivity index (χ4n) is 2.43. The monoisotopic (exact) mass is 238 g/mol. The van der Waals surface area contributed by atoms with Gasteiger partial charge >= 0.3 is 5.69 Å². The third-order valence-electron chi connectivity index (χ3n) is 3.62. The lowest BCUT2D eigenvalue weighted by Gasteiger charge is -2.21. The van der Waals surface area contributed by atoms with E-state index in [2.05, 4.69) is 0 Å². The van der Waals surface area contributed by atoms with Gasteiger partial charge in [0, 0.05) is 39.2 Å². The third-order valence-corrected chi connectivity index (χ3v) is 3.62. The van der Waals surface area contributed by atoms with Crippen molar-refractivity contribution in [3.05, 3.63) is 22.9 Å². The molecule has 0 spiro atoms. The molecule has 0 radical (unpaired) electrons. The number of nitrogens with zero attached hydrogens (tertiary/aromatic N) is 2. The van der Waals surface area contributed by atoms with Gasteiger partial charge in [0.05, 0.1) is 0 Å². The summed E-state index contributed by atoms with van der Waals surface area (Å²) < 4.78 is 8.76. The van der Waals surface area contributed by atoms with Crippen LogP contribution in [0.15, 0.2) is 17.2 Å². The summed E-state index contributed by atoms with van der Waals surface area (Å²) in [6.07, 6.45) is 9.71. The summed E-state index contributed by atoms with van der Waals surface area (Å²) in [5.41, 5.74) is 0.0936. The van der Waals surface area contributed by atoms with Crippen LogP contribution in [0, 0.1) is 5.92 Å². The fourth-order valence-corrected chi connectivity index (χ4v) is 2.43. The lowest BCUT2D eigenvalue weighted by Crippen LogP contribution is -2.22. The quantitative estimate of drug-likeness (QED) is 0.733. The highest BCUT2D eigenvalue weighted by Crippen LogP contribution is 2.20. The predicted molar refractivity (Wildman–Crippen MR) is 67.1 cm³/mol. The molecule has 2 rings (SSSR count). The summed E-state index contributed by atoms with van der Waals surface area (Å²) in [6, 6.07) is 0. The van der Waals surface area contributed by atoms with E-state index in [1.165, 1.54) is 25.7 Å². The van der Waals surface area contributed by atoms with Crippen LogP contribution in [0.25, 0.3) is 0 Å². The molecule has 0 amide bonds. The lowest BCUT2D eigenvalue weighted by molar-refractivity contribution is 0.0630. The van der Waals surface area contributed by atoms with Crippen LogP contribution in [-0.4, -0.2) is 22.3 Å². The van der Waals surface area contributed by atoms with Crippen molar-refractivity contribution < 1.29 is 4.74 Å². The average Bonchev–Trinajstić information content (AvgIpc) is 2.67. The van der Waals surface area contributed by atoms with Gasteiger partial charge in [-0.3, -0.25) is 4.57 Å². The molecule has 1 fully saturated rings. The number of aromatic nitrogens is 2. The van der Waals surface area contributed by atoms with Gasteiger partial charge in [0.1, 0.15) is 0 Å². The number of unbranched alkanes of at least 4 members (excludes halogenated alkanes) is 1. The molecule has 1 saturated heterocycles. The first-order chi connectivity index (χ1) is 8.27. The third kappa shape index (κ3) is 3.46. The van der Waals surface area contributed by atoms with Crippen LogP contribution < -0.4 is 5.69 Å². The zero-order valence-corrected chi connectivity index (χ0v) is 10.6. The summed E-state index contributed by atoms with van der Waals surface area (Å²) >= 11 is 0. The number of rotatable bonds is 5. The molecule has 0 N–H and O–H groups in total. The molecule has 0 aromatic carbocycles. The van der Waals surface area contributed by atoms with Crippen molar-refractivity contribution in [2.75, 3.05) is 13.2 Å². The van der Waals surface area contributed by atoms with Gasteiger partial charge in [-0.2, -0.15) is 0 Å². The molecule has 0 bridgehead atoms. The molecule has 4 nitrogen and oxygen atoms in total. The van der Waals surface area contributed by atoms with E-state index in [4.69, 9.17) is 4.74 Å². The van der Waals surface area contributed by atoms with Gasteiger partial charge in [-0.25, -0.2) is 4.79 Å². The summed E-state index contributed by atoms with van der Waals surface area (Å²) in [6.45, 7) is 2.72. The standard InChI is InChI=1S/C13H22N2O2/c1-14-8-9-15(13(14)16)7-3-2-4-12-5-10-17-11-6-12/h8-9,12H,2-7,10-11H2,1H3.